The molecule has 15 heavy (non-hydrogen) atoms. The summed E-state index contributed by atoms with van der Waals surface area (Å²) in [7, 11) is 0. The Bertz CT molecular complexity index is 333. The Balaban J connectivity index is 2.82. The van der Waals surface area contributed by atoms with E-state index in [2.05, 4.69) is 4.74 Å². The normalized spacial score (nSPS) is 12.7. The van der Waals surface area contributed by atoms with Gasteiger partial charge in [-0.2, -0.15) is 13.2 Å². The van der Waals surface area contributed by atoms with Gasteiger partial charge in [0.15, 0.2) is 0 Å². The van der Waals surface area contributed by atoms with Gasteiger partial charge in [-0.3, -0.25) is 0 Å². The summed E-state index contributed by atoms with van der Waals surface area (Å²) in [5.74, 6) is -0.886. The van der Waals surface area contributed by atoms with E-state index in [0.29, 0.717) is 0 Å². The molecule has 0 heterocycles. The van der Waals surface area contributed by atoms with Gasteiger partial charge in [0, 0.05) is 0 Å². The highest BCUT2D eigenvalue weighted by atomic mass is 35.5. The lowest BCUT2D eigenvalue weighted by Crippen LogP contribution is -2.39. The van der Waals surface area contributed by atoms with E-state index in [9.17, 15) is 17.6 Å². The monoisotopic (exact) mass is 262 g/mol. The number of rotatable bonds is 2. The van der Waals surface area contributed by atoms with E-state index in [0.717, 1.165) is 24.3 Å². The SMILES string of the molecule is Fc1ccc(OC(Cl)(Cl)C(F)(F)F)cc1. The van der Waals surface area contributed by atoms with Crippen molar-refractivity contribution < 1.29 is 22.3 Å². The van der Waals surface area contributed by atoms with E-state index in [1.807, 2.05) is 0 Å². The van der Waals surface area contributed by atoms with Crippen LogP contribution in [0.4, 0.5) is 17.6 Å². The molecule has 0 aromatic heterocycles. The molecule has 84 valence electrons. The van der Waals surface area contributed by atoms with Crippen molar-refractivity contribution >= 4 is 23.2 Å². The third-order valence-corrected chi connectivity index (χ3v) is 1.97. The third-order valence-electron chi connectivity index (χ3n) is 1.39. The van der Waals surface area contributed by atoms with E-state index in [4.69, 9.17) is 23.2 Å². The molecular weight excluding hydrogens is 259 g/mol. The van der Waals surface area contributed by atoms with Gasteiger partial charge in [-0.25, -0.2) is 4.39 Å². The molecule has 0 aliphatic heterocycles. The van der Waals surface area contributed by atoms with Gasteiger partial charge in [0.05, 0.1) is 0 Å². The summed E-state index contributed by atoms with van der Waals surface area (Å²) in [5, 5.41) is 0. The average Bonchev–Trinajstić information content (AvgIpc) is 2.06. The molecule has 0 N–H and O–H groups in total. The van der Waals surface area contributed by atoms with E-state index >= 15 is 0 Å². The van der Waals surface area contributed by atoms with E-state index in [-0.39, 0.29) is 5.75 Å². The Kier molecular flexibility index (Phi) is 3.35. The van der Waals surface area contributed by atoms with Crippen molar-refractivity contribution in [3.8, 4) is 5.75 Å². The fourth-order valence-electron chi connectivity index (χ4n) is 0.709. The molecule has 0 saturated heterocycles. The number of hydrogen-bond acceptors (Lipinski definition) is 1. The Morgan fingerprint density at radius 3 is 1.87 bits per heavy atom. The zero-order valence-corrected chi connectivity index (χ0v) is 8.50. The van der Waals surface area contributed by atoms with Crippen LogP contribution in [-0.4, -0.2) is 10.7 Å². The van der Waals surface area contributed by atoms with Crippen LogP contribution in [0, 0.1) is 5.82 Å². The molecule has 0 radical (unpaired) electrons. The van der Waals surface area contributed by atoms with Crippen molar-refractivity contribution in [3.05, 3.63) is 30.1 Å². The van der Waals surface area contributed by atoms with Crippen molar-refractivity contribution in [2.24, 2.45) is 0 Å². The number of hydrogen-bond donors (Lipinski definition) is 0. The van der Waals surface area contributed by atoms with Crippen LogP contribution >= 0.6 is 23.2 Å². The van der Waals surface area contributed by atoms with Gasteiger partial charge in [-0.1, -0.05) is 0 Å². The molecule has 0 amide bonds. The minimum Gasteiger partial charge on any atom is -0.450 e. The predicted molar refractivity (Wildman–Crippen MR) is 47.5 cm³/mol. The molecule has 0 fully saturated rings. The number of benzene rings is 1. The molecule has 0 saturated carbocycles. The predicted octanol–water partition coefficient (Wildman–Crippen LogP) is 3.90. The second kappa shape index (κ2) is 4.06. The Morgan fingerprint density at radius 2 is 1.47 bits per heavy atom. The van der Waals surface area contributed by atoms with Crippen LogP contribution < -0.4 is 4.74 Å². The number of halogens is 6. The maximum absolute atomic E-state index is 12.4. The minimum absolute atomic E-state index is 0.279. The van der Waals surface area contributed by atoms with Crippen molar-refractivity contribution in [1.82, 2.24) is 0 Å². The summed E-state index contributed by atoms with van der Waals surface area (Å²) >= 11 is 9.82. The zero-order valence-electron chi connectivity index (χ0n) is 6.99. The second-order valence-electron chi connectivity index (χ2n) is 2.57. The molecule has 1 rings (SSSR count). The lowest BCUT2D eigenvalue weighted by Gasteiger charge is -2.23. The van der Waals surface area contributed by atoms with Gasteiger partial charge in [0.1, 0.15) is 11.6 Å². The topological polar surface area (TPSA) is 9.23 Å². The number of alkyl halides is 5. The highest BCUT2D eigenvalue weighted by Crippen LogP contribution is 2.41. The zero-order chi connectivity index (χ0) is 11.7. The smallest absolute Gasteiger partial charge is 0.450 e. The summed E-state index contributed by atoms with van der Waals surface area (Å²) in [6.45, 7) is 0. The quantitative estimate of drug-likeness (QED) is 0.580. The summed E-state index contributed by atoms with van der Waals surface area (Å²) < 4.78 is 49.7. The van der Waals surface area contributed by atoms with E-state index in [1.54, 1.807) is 0 Å². The lowest BCUT2D eigenvalue weighted by molar-refractivity contribution is -0.185. The molecule has 0 aliphatic carbocycles. The summed E-state index contributed by atoms with van der Waals surface area (Å²) in [4.78, 5) is 0. The van der Waals surface area contributed by atoms with Crippen LogP contribution in [0.25, 0.3) is 0 Å². The molecule has 0 spiro atoms. The highest BCUT2D eigenvalue weighted by molar-refractivity contribution is 6.48. The van der Waals surface area contributed by atoms with Gasteiger partial charge < -0.3 is 4.74 Å². The first-order chi connectivity index (χ1) is 6.72. The Labute approximate surface area is 92.5 Å². The first-order valence-electron chi connectivity index (χ1n) is 3.61. The molecule has 0 bridgehead atoms. The van der Waals surface area contributed by atoms with Crippen LogP contribution in [0.5, 0.6) is 5.75 Å². The molecule has 0 unspecified atom stereocenters. The van der Waals surface area contributed by atoms with Crippen LogP contribution in [0.15, 0.2) is 24.3 Å². The van der Waals surface area contributed by atoms with E-state index in [1.165, 1.54) is 0 Å². The molecule has 0 atom stereocenters. The second-order valence-corrected chi connectivity index (χ2v) is 3.83. The van der Waals surface area contributed by atoms with Crippen molar-refractivity contribution in [2.75, 3.05) is 0 Å². The molecule has 1 nitrogen and oxygen atoms in total. The third kappa shape index (κ3) is 3.14. The van der Waals surface area contributed by atoms with Crippen LogP contribution in [0.3, 0.4) is 0 Å². The van der Waals surface area contributed by atoms with Crippen LogP contribution in [-0.2, 0) is 0 Å². The molecule has 0 aliphatic rings. The van der Waals surface area contributed by atoms with Crippen molar-refractivity contribution in [2.45, 2.75) is 10.7 Å². The van der Waals surface area contributed by atoms with Gasteiger partial charge in [-0.05, 0) is 47.5 Å². The van der Waals surface area contributed by atoms with Gasteiger partial charge >= 0.3 is 10.7 Å². The van der Waals surface area contributed by atoms with Crippen molar-refractivity contribution in [1.29, 1.82) is 0 Å². The average molecular weight is 263 g/mol. The lowest BCUT2D eigenvalue weighted by atomic mass is 10.3. The van der Waals surface area contributed by atoms with Gasteiger partial charge in [0.2, 0.25) is 0 Å². The number of ether oxygens (including phenoxy) is 1. The van der Waals surface area contributed by atoms with Crippen LogP contribution in [0.1, 0.15) is 0 Å². The van der Waals surface area contributed by atoms with Gasteiger partial charge in [-0.15, -0.1) is 0 Å². The maximum atomic E-state index is 12.4. The Hall–Kier alpha value is -0.680. The molecule has 1 aromatic rings. The summed E-state index contributed by atoms with van der Waals surface area (Å²) in [6, 6.07) is 3.83. The first-order valence-corrected chi connectivity index (χ1v) is 4.37. The van der Waals surface area contributed by atoms with E-state index < -0.39 is 16.5 Å². The largest absolute Gasteiger partial charge is 0.459 e. The summed E-state index contributed by atoms with van der Waals surface area (Å²) in [6.07, 6.45) is -4.94. The van der Waals surface area contributed by atoms with Crippen molar-refractivity contribution in [3.63, 3.8) is 0 Å². The molecule has 7 heteroatoms. The summed E-state index contributed by atoms with van der Waals surface area (Å²) in [5.41, 5.74) is 0. The maximum Gasteiger partial charge on any atom is 0.459 e. The fraction of sp³-hybridized carbons (Fsp3) is 0.250. The van der Waals surface area contributed by atoms with Crippen LogP contribution in [0.2, 0.25) is 0 Å². The minimum atomic E-state index is -4.94. The Morgan fingerprint density at radius 1 is 1.00 bits per heavy atom. The molecular formula is C8H4Cl2F4O. The fourth-order valence-corrected chi connectivity index (χ4v) is 0.887. The first kappa shape index (κ1) is 12.4. The highest BCUT2D eigenvalue weighted by Gasteiger charge is 2.55. The molecule has 1 aromatic carbocycles. The standard InChI is InChI=1S/C8H4Cl2F4O/c9-7(10,8(12,13)14)15-6-3-1-5(11)2-4-6/h1-4H. The van der Waals surface area contributed by atoms with Gasteiger partial charge in [0.25, 0.3) is 0 Å².